The fourth-order valence-corrected chi connectivity index (χ4v) is 1.55. The van der Waals surface area contributed by atoms with Crippen molar-refractivity contribution in [1.82, 2.24) is 4.90 Å². The Balaban J connectivity index is 2.76. The van der Waals surface area contributed by atoms with Crippen molar-refractivity contribution in [3.63, 3.8) is 0 Å². The minimum Gasteiger partial charge on any atom is -0.394 e. The monoisotopic (exact) mass is 232 g/mol. The number of aliphatic hydroxyl groups excluding tert-OH is 1. The molecule has 92 valence electrons. The zero-order valence-electron chi connectivity index (χ0n) is 10.7. The molecule has 0 heterocycles. The summed E-state index contributed by atoms with van der Waals surface area (Å²) in [5.41, 5.74) is 0.722. The summed E-state index contributed by atoms with van der Waals surface area (Å²) < 4.78 is 0. The predicted octanol–water partition coefficient (Wildman–Crippen LogP) is 2.00. The molecule has 1 atom stereocenters. The first-order chi connectivity index (χ1) is 8.01. The summed E-state index contributed by atoms with van der Waals surface area (Å²) in [4.78, 5) is 2.02. The third-order valence-electron chi connectivity index (χ3n) is 3.23. The molecule has 0 saturated heterocycles. The lowest BCUT2D eigenvalue weighted by atomic mass is 9.97. The van der Waals surface area contributed by atoms with E-state index in [9.17, 15) is 10.4 Å². The molecule has 1 N–H and O–H groups in total. The van der Waals surface area contributed by atoms with Gasteiger partial charge in [0.15, 0.2) is 0 Å². The van der Waals surface area contributed by atoms with Crippen LogP contribution in [0.4, 0.5) is 0 Å². The van der Waals surface area contributed by atoms with Crippen LogP contribution >= 0.6 is 0 Å². The second kappa shape index (κ2) is 5.81. The highest BCUT2D eigenvalue weighted by Crippen LogP contribution is 2.20. The van der Waals surface area contributed by atoms with Crippen LogP contribution in [0.1, 0.15) is 25.3 Å². The minimum absolute atomic E-state index is 0.0798. The van der Waals surface area contributed by atoms with Gasteiger partial charge >= 0.3 is 0 Å². The van der Waals surface area contributed by atoms with Crippen molar-refractivity contribution in [2.24, 2.45) is 0 Å². The lowest BCUT2D eigenvalue weighted by Gasteiger charge is -2.35. The van der Waals surface area contributed by atoms with E-state index in [4.69, 9.17) is 0 Å². The van der Waals surface area contributed by atoms with E-state index in [0.29, 0.717) is 6.54 Å². The SMILES string of the molecule is CN(CC(C#N)c1ccccc1)C(C)(C)CO. The number of hydrogen-bond acceptors (Lipinski definition) is 3. The Kier molecular flexibility index (Phi) is 4.68. The largest absolute Gasteiger partial charge is 0.394 e. The molecule has 0 fully saturated rings. The molecule has 0 radical (unpaired) electrons. The maximum Gasteiger partial charge on any atom is 0.0839 e. The molecule has 0 aliphatic carbocycles. The first kappa shape index (κ1) is 13.7. The van der Waals surface area contributed by atoms with Crippen LogP contribution in [0.15, 0.2) is 30.3 Å². The fraction of sp³-hybridized carbons (Fsp3) is 0.500. The first-order valence-corrected chi connectivity index (χ1v) is 5.78. The smallest absolute Gasteiger partial charge is 0.0839 e. The quantitative estimate of drug-likeness (QED) is 0.844. The van der Waals surface area contributed by atoms with Crippen LogP contribution < -0.4 is 0 Å². The molecule has 0 aliphatic rings. The fourth-order valence-electron chi connectivity index (χ4n) is 1.55. The Morgan fingerprint density at radius 3 is 2.41 bits per heavy atom. The van der Waals surface area contributed by atoms with Gasteiger partial charge in [-0.1, -0.05) is 30.3 Å². The van der Waals surface area contributed by atoms with E-state index in [0.717, 1.165) is 5.56 Å². The topological polar surface area (TPSA) is 47.3 Å². The maximum atomic E-state index is 9.30. The van der Waals surface area contributed by atoms with E-state index in [-0.39, 0.29) is 18.1 Å². The molecule has 3 heteroatoms. The summed E-state index contributed by atoms with van der Waals surface area (Å²) in [5.74, 6) is -0.160. The van der Waals surface area contributed by atoms with Crippen molar-refractivity contribution in [2.75, 3.05) is 20.2 Å². The Morgan fingerprint density at radius 1 is 1.35 bits per heavy atom. The van der Waals surface area contributed by atoms with Gasteiger partial charge in [-0.05, 0) is 26.5 Å². The molecule has 0 aromatic heterocycles. The van der Waals surface area contributed by atoms with E-state index < -0.39 is 0 Å². The number of hydrogen-bond donors (Lipinski definition) is 1. The van der Waals surface area contributed by atoms with Gasteiger partial charge in [0.1, 0.15) is 0 Å². The van der Waals surface area contributed by atoms with Crippen molar-refractivity contribution < 1.29 is 5.11 Å². The normalized spacial score (nSPS) is 13.4. The van der Waals surface area contributed by atoms with Gasteiger partial charge in [-0.2, -0.15) is 5.26 Å². The highest BCUT2D eigenvalue weighted by Gasteiger charge is 2.25. The van der Waals surface area contributed by atoms with E-state index in [1.807, 2.05) is 56.1 Å². The van der Waals surface area contributed by atoms with Gasteiger partial charge in [0.2, 0.25) is 0 Å². The van der Waals surface area contributed by atoms with E-state index >= 15 is 0 Å². The average Bonchev–Trinajstić information content (AvgIpc) is 2.36. The summed E-state index contributed by atoms with van der Waals surface area (Å²) in [5, 5.41) is 18.5. The summed E-state index contributed by atoms with van der Waals surface area (Å²) in [6, 6.07) is 12.1. The molecular formula is C14H20N2O. The van der Waals surface area contributed by atoms with Crippen LogP contribution in [0.2, 0.25) is 0 Å². The van der Waals surface area contributed by atoms with Crippen LogP contribution in [-0.4, -0.2) is 35.7 Å². The van der Waals surface area contributed by atoms with E-state index in [1.165, 1.54) is 0 Å². The zero-order valence-corrected chi connectivity index (χ0v) is 10.7. The molecule has 17 heavy (non-hydrogen) atoms. The lowest BCUT2D eigenvalue weighted by Crippen LogP contribution is -2.45. The van der Waals surface area contributed by atoms with Crippen molar-refractivity contribution in [3.8, 4) is 6.07 Å². The third-order valence-corrected chi connectivity index (χ3v) is 3.23. The molecule has 0 bridgehead atoms. The van der Waals surface area contributed by atoms with Crippen LogP contribution in [0, 0.1) is 11.3 Å². The molecule has 1 aromatic carbocycles. The molecule has 1 rings (SSSR count). The van der Waals surface area contributed by atoms with Crippen LogP contribution in [-0.2, 0) is 0 Å². The third kappa shape index (κ3) is 3.55. The van der Waals surface area contributed by atoms with Crippen molar-refractivity contribution in [3.05, 3.63) is 35.9 Å². The Labute approximate surface area is 103 Å². The molecular weight excluding hydrogens is 212 g/mol. The van der Waals surface area contributed by atoms with Crippen molar-refractivity contribution in [1.29, 1.82) is 5.26 Å². The second-order valence-corrected chi connectivity index (χ2v) is 4.94. The van der Waals surface area contributed by atoms with E-state index in [1.54, 1.807) is 0 Å². The van der Waals surface area contributed by atoms with Gasteiger partial charge in [-0.25, -0.2) is 0 Å². The van der Waals surface area contributed by atoms with Gasteiger partial charge in [-0.15, -0.1) is 0 Å². The van der Waals surface area contributed by atoms with Gasteiger partial charge in [-0.3, -0.25) is 4.90 Å². The summed E-state index contributed by atoms with van der Waals surface area (Å²) in [7, 11) is 1.93. The molecule has 0 amide bonds. The number of benzene rings is 1. The Morgan fingerprint density at radius 2 is 1.94 bits per heavy atom. The molecule has 1 aromatic rings. The van der Waals surface area contributed by atoms with Gasteiger partial charge in [0.25, 0.3) is 0 Å². The highest BCUT2D eigenvalue weighted by molar-refractivity contribution is 5.25. The number of nitriles is 1. The molecule has 0 aliphatic heterocycles. The van der Waals surface area contributed by atoms with Crippen molar-refractivity contribution >= 4 is 0 Å². The maximum absolute atomic E-state index is 9.30. The highest BCUT2D eigenvalue weighted by atomic mass is 16.3. The number of aliphatic hydroxyl groups is 1. The number of nitrogens with zero attached hydrogens (tertiary/aromatic N) is 2. The first-order valence-electron chi connectivity index (χ1n) is 5.78. The molecule has 1 unspecified atom stereocenters. The standard InChI is InChI=1S/C14H20N2O/c1-14(2,11-17)16(3)10-13(9-15)12-7-5-4-6-8-12/h4-8,13,17H,10-11H2,1-3H3. The lowest BCUT2D eigenvalue weighted by molar-refractivity contribution is 0.0775. The summed E-state index contributed by atoms with van der Waals surface area (Å²) >= 11 is 0. The number of likely N-dealkylation sites (N-methyl/N-ethyl adjacent to an activating group) is 1. The molecule has 0 saturated carbocycles. The van der Waals surface area contributed by atoms with Crippen LogP contribution in [0.5, 0.6) is 0 Å². The Hall–Kier alpha value is -1.37. The summed E-state index contributed by atoms with van der Waals surface area (Å²) in [6.07, 6.45) is 0. The van der Waals surface area contributed by atoms with E-state index in [2.05, 4.69) is 6.07 Å². The molecule has 0 spiro atoms. The average molecular weight is 232 g/mol. The van der Waals surface area contributed by atoms with Gasteiger partial charge in [0.05, 0.1) is 18.6 Å². The minimum atomic E-state index is -0.302. The summed E-state index contributed by atoms with van der Waals surface area (Å²) in [6.45, 7) is 4.63. The van der Waals surface area contributed by atoms with Crippen molar-refractivity contribution in [2.45, 2.75) is 25.3 Å². The predicted molar refractivity (Wildman–Crippen MR) is 68.6 cm³/mol. The zero-order chi connectivity index (χ0) is 12.9. The van der Waals surface area contributed by atoms with Gasteiger partial charge < -0.3 is 5.11 Å². The van der Waals surface area contributed by atoms with Crippen LogP contribution in [0.25, 0.3) is 0 Å². The van der Waals surface area contributed by atoms with Crippen LogP contribution in [0.3, 0.4) is 0 Å². The Bertz CT molecular complexity index is 381. The second-order valence-electron chi connectivity index (χ2n) is 4.94. The molecule has 3 nitrogen and oxygen atoms in total. The van der Waals surface area contributed by atoms with Gasteiger partial charge in [0, 0.05) is 12.1 Å². The number of rotatable bonds is 5.